The van der Waals surface area contributed by atoms with E-state index in [9.17, 15) is 15.3 Å². The molecule has 0 bridgehead atoms. The smallest absolute Gasteiger partial charge is 0.204 e. The summed E-state index contributed by atoms with van der Waals surface area (Å²) < 4.78 is 6.96. The van der Waals surface area contributed by atoms with E-state index in [0.29, 0.717) is 16.9 Å². The normalized spacial score (nSPS) is 26.4. The first-order valence-electron chi connectivity index (χ1n) is 7.78. The summed E-state index contributed by atoms with van der Waals surface area (Å²) in [4.78, 5) is 12.8. The number of anilines is 1. The molecule has 9 heteroatoms. The van der Waals surface area contributed by atoms with E-state index >= 15 is 0 Å². The molecular formula is C16H17N5O4. The highest BCUT2D eigenvalue weighted by Crippen LogP contribution is 2.35. The summed E-state index contributed by atoms with van der Waals surface area (Å²) in [6.07, 6.45) is -3.04. The van der Waals surface area contributed by atoms with Gasteiger partial charge in [0.05, 0.1) is 6.61 Å². The number of aliphatic hydroxyl groups is 3. The van der Waals surface area contributed by atoms with Gasteiger partial charge in [0.2, 0.25) is 5.95 Å². The summed E-state index contributed by atoms with van der Waals surface area (Å²) in [5.74, 6) is 0.0718. The van der Waals surface area contributed by atoms with Gasteiger partial charge in [0.25, 0.3) is 0 Å². The lowest BCUT2D eigenvalue weighted by atomic mass is 10.1. The quantitative estimate of drug-likeness (QED) is 0.508. The van der Waals surface area contributed by atoms with Crippen LogP contribution in [-0.4, -0.2) is 59.8 Å². The highest BCUT2D eigenvalue weighted by molar-refractivity contribution is 5.88. The number of benzene rings is 1. The average Bonchev–Trinajstić information content (AvgIpc) is 3.11. The Morgan fingerprint density at radius 3 is 2.56 bits per heavy atom. The summed E-state index contributed by atoms with van der Waals surface area (Å²) in [5, 5.41) is 29.5. The van der Waals surface area contributed by atoms with Gasteiger partial charge in [-0.15, -0.1) is 0 Å². The first-order chi connectivity index (χ1) is 12.1. The number of ether oxygens (including phenoxy) is 1. The number of aliphatic hydroxyl groups excluding tert-OH is 3. The highest BCUT2D eigenvalue weighted by Gasteiger charge is 2.44. The van der Waals surface area contributed by atoms with Crippen LogP contribution in [0.25, 0.3) is 22.4 Å². The molecule has 3 aromatic rings. The first-order valence-corrected chi connectivity index (χ1v) is 7.78. The summed E-state index contributed by atoms with van der Waals surface area (Å²) >= 11 is 0. The van der Waals surface area contributed by atoms with Gasteiger partial charge in [0, 0.05) is 5.56 Å². The number of hydrogen-bond acceptors (Lipinski definition) is 8. The van der Waals surface area contributed by atoms with Gasteiger partial charge in [0.15, 0.2) is 11.9 Å². The second-order valence-corrected chi connectivity index (χ2v) is 5.83. The maximum Gasteiger partial charge on any atom is 0.204 e. The van der Waals surface area contributed by atoms with Crippen molar-refractivity contribution < 1.29 is 20.1 Å². The highest BCUT2D eigenvalue weighted by atomic mass is 16.6. The monoisotopic (exact) mass is 343 g/mol. The summed E-state index contributed by atoms with van der Waals surface area (Å²) in [5.41, 5.74) is 8.31. The van der Waals surface area contributed by atoms with Crippen molar-refractivity contribution >= 4 is 17.1 Å². The molecular weight excluding hydrogens is 326 g/mol. The second kappa shape index (κ2) is 6.05. The molecule has 1 aliphatic rings. The number of rotatable bonds is 3. The number of imidazole rings is 1. The predicted molar refractivity (Wildman–Crippen MR) is 88.2 cm³/mol. The molecule has 1 aliphatic heterocycles. The molecule has 0 unspecified atom stereocenters. The van der Waals surface area contributed by atoms with Gasteiger partial charge >= 0.3 is 0 Å². The van der Waals surface area contributed by atoms with Crippen molar-refractivity contribution in [1.82, 2.24) is 19.5 Å². The number of hydrogen-bond donors (Lipinski definition) is 4. The van der Waals surface area contributed by atoms with E-state index in [2.05, 4.69) is 15.0 Å². The number of fused-ring (bicyclic) bond motifs is 1. The van der Waals surface area contributed by atoms with E-state index in [-0.39, 0.29) is 5.95 Å². The number of nitrogens with two attached hydrogens (primary N) is 1. The fourth-order valence-corrected chi connectivity index (χ4v) is 3.08. The molecule has 0 aliphatic carbocycles. The molecule has 25 heavy (non-hydrogen) atoms. The maximum atomic E-state index is 10.3. The van der Waals surface area contributed by atoms with E-state index in [4.69, 9.17) is 10.5 Å². The van der Waals surface area contributed by atoms with E-state index in [1.54, 1.807) is 0 Å². The van der Waals surface area contributed by atoms with Crippen molar-refractivity contribution in [3.8, 4) is 11.3 Å². The minimum atomic E-state index is -1.27. The Balaban J connectivity index is 1.86. The van der Waals surface area contributed by atoms with Gasteiger partial charge in [-0.25, -0.2) is 15.0 Å². The van der Waals surface area contributed by atoms with Crippen molar-refractivity contribution in [2.24, 2.45) is 0 Å². The molecule has 0 spiro atoms. The molecule has 0 saturated carbocycles. The molecule has 1 fully saturated rings. The Hall–Kier alpha value is -2.59. The Morgan fingerprint density at radius 2 is 1.88 bits per heavy atom. The van der Waals surface area contributed by atoms with Crippen LogP contribution in [0.3, 0.4) is 0 Å². The van der Waals surface area contributed by atoms with Gasteiger partial charge in [-0.05, 0) is 0 Å². The third-order valence-electron chi connectivity index (χ3n) is 4.32. The van der Waals surface area contributed by atoms with Crippen LogP contribution in [0, 0.1) is 0 Å². The minimum absolute atomic E-state index is 0.0718. The van der Waals surface area contributed by atoms with Crippen molar-refractivity contribution in [2.75, 3.05) is 12.3 Å². The fourth-order valence-electron chi connectivity index (χ4n) is 3.08. The number of nitrogen functional groups attached to an aromatic ring is 1. The lowest BCUT2D eigenvalue weighted by Crippen LogP contribution is -2.33. The topological polar surface area (TPSA) is 140 Å². The molecule has 2 aromatic heterocycles. The summed E-state index contributed by atoms with van der Waals surface area (Å²) in [6, 6.07) is 9.45. The van der Waals surface area contributed by atoms with Crippen LogP contribution >= 0.6 is 0 Å². The van der Waals surface area contributed by atoms with Crippen LogP contribution in [0.5, 0.6) is 0 Å². The zero-order chi connectivity index (χ0) is 17.6. The van der Waals surface area contributed by atoms with Crippen molar-refractivity contribution in [2.45, 2.75) is 24.5 Å². The first kappa shape index (κ1) is 15.9. The van der Waals surface area contributed by atoms with Gasteiger partial charge < -0.3 is 25.8 Å². The second-order valence-electron chi connectivity index (χ2n) is 5.83. The zero-order valence-electron chi connectivity index (χ0n) is 13.1. The lowest BCUT2D eigenvalue weighted by molar-refractivity contribution is -0.0500. The van der Waals surface area contributed by atoms with Crippen LogP contribution in [0.2, 0.25) is 0 Å². The Morgan fingerprint density at radius 1 is 1.12 bits per heavy atom. The fraction of sp³-hybridized carbons (Fsp3) is 0.312. The van der Waals surface area contributed by atoms with Gasteiger partial charge in [0.1, 0.15) is 35.8 Å². The Bertz CT molecular complexity index is 900. The lowest BCUT2D eigenvalue weighted by Gasteiger charge is -2.17. The third kappa shape index (κ3) is 2.45. The largest absolute Gasteiger partial charge is 0.394 e. The number of aromatic nitrogens is 4. The number of nitrogens with zero attached hydrogens (tertiary/aromatic N) is 4. The average molecular weight is 343 g/mol. The molecule has 4 atom stereocenters. The third-order valence-corrected chi connectivity index (χ3v) is 4.32. The molecule has 0 radical (unpaired) electrons. The molecule has 0 amide bonds. The van der Waals surface area contributed by atoms with E-state index in [1.165, 1.54) is 10.9 Å². The molecule has 4 rings (SSSR count). The molecule has 1 aromatic carbocycles. The predicted octanol–water partition coefficient (Wildman–Crippen LogP) is -0.313. The van der Waals surface area contributed by atoms with Crippen LogP contribution < -0.4 is 5.73 Å². The van der Waals surface area contributed by atoms with Gasteiger partial charge in [-0.1, -0.05) is 30.3 Å². The SMILES string of the molecule is Nc1nc2c(-c3ccccc3)ncnc2n1[C@@H]1O[C@H](CO)[C@@H](O)[C@H]1O. The summed E-state index contributed by atoms with van der Waals surface area (Å²) in [6.45, 7) is -0.425. The van der Waals surface area contributed by atoms with E-state index < -0.39 is 31.1 Å². The van der Waals surface area contributed by atoms with Crippen LogP contribution in [-0.2, 0) is 4.74 Å². The molecule has 9 nitrogen and oxygen atoms in total. The van der Waals surface area contributed by atoms with Crippen molar-refractivity contribution in [3.63, 3.8) is 0 Å². The van der Waals surface area contributed by atoms with E-state index in [0.717, 1.165) is 5.56 Å². The van der Waals surface area contributed by atoms with Crippen LogP contribution in [0.15, 0.2) is 36.7 Å². The Labute approximate surface area is 142 Å². The van der Waals surface area contributed by atoms with Crippen molar-refractivity contribution in [3.05, 3.63) is 36.7 Å². The van der Waals surface area contributed by atoms with Gasteiger partial charge in [-0.3, -0.25) is 4.57 Å². The minimum Gasteiger partial charge on any atom is -0.394 e. The molecule has 130 valence electrons. The molecule has 5 N–H and O–H groups in total. The van der Waals surface area contributed by atoms with Crippen LogP contribution in [0.4, 0.5) is 5.95 Å². The van der Waals surface area contributed by atoms with E-state index in [1.807, 2.05) is 30.3 Å². The van der Waals surface area contributed by atoms with Crippen LogP contribution in [0.1, 0.15) is 6.23 Å². The zero-order valence-corrected chi connectivity index (χ0v) is 13.1. The molecule has 3 heterocycles. The summed E-state index contributed by atoms with van der Waals surface area (Å²) in [7, 11) is 0. The standard InChI is InChI=1S/C16H17N5O4/c17-16-20-11-10(8-4-2-1-3-5-8)18-7-19-14(11)21(16)15-13(24)12(23)9(6-22)25-15/h1-5,7,9,12-13,15,22-24H,6H2,(H2,17,20)/t9-,12-,13-,15-/m1/s1. The maximum absolute atomic E-state index is 10.3. The van der Waals surface area contributed by atoms with Crippen molar-refractivity contribution in [1.29, 1.82) is 0 Å². The van der Waals surface area contributed by atoms with Gasteiger partial charge in [-0.2, -0.15) is 0 Å². The molecule has 1 saturated heterocycles. The Kier molecular flexibility index (Phi) is 3.85.